The van der Waals surface area contributed by atoms with E-state index in [-0.39, 0.29) is 30.3 Å². The number of anilines is 1. The molecule has 2 aromatic carbocycles. The smallest absolute Gasteiger partial charge is 0.261 e. The molecule has 1 atom stereocenters. The lowest BCUT2D eigenvalue weighted by atomic mass is 9.90. The molecule has 158 valence electrons. The molecule has 6 nitrogen and oxygen atoms in total. The minimum atomic E-state index is -1.75. The Bertz CT molecular complexity index is 1040. The van der Waals surface area contributed by atoms with E-state index in [4.69, 9.17) is 40.2 Å². The zero-order valence-corrected chi connectivity index (χ0v) is 17.7. The van der Waals surface area contributed by atoms with Gasteiger partial charge in [-0.1, -0.05) is 29.3 Å². The van der Waals surface area contributed by atoms with E-state index in [0.29, 0.717) is 21.8 Å². The Morgan fingerprint density at radius 1 is 1.23 bits per heavy atom. The number of hydrogen-bond donors (Lipinski definition) is 2. The molecule has 0 fully saturated rings. The van der Waals surface area contributed by atoms with Crippen molar-refractivity contribution in [1.82, 2.24) is 14.8 Å². The molecule has 0 saturated heterocycles. The summed E-state index contributed by atoms with van der Waals surface area (Å²) in [6, 6.07) is 7.77. The van der Waals surface area contributed by atoms with Gasteiger partial charge in [-0.3, -0.25) is 0 Å². The second-order valence-corrected chi connectivity index (χ2v) is 7.60. The number of aromatic nitrogens is 3. The summed E-state index contributed by atoms with van der Waals surface area (Å²) < 4.78 is 34.5. The van der Waals surface area contributed by atoms with Gasteiger partial charge in [0.25, 0.3) is 5.17 Å². The summed E-state index contributed by atoms with van der Waals surface area (Å²) in [5.41, 5.74) is -1.35. The van der Waals surface area contributed by atoms with Gasteiger partial charge in [-0.2, -0.15) is 5.10 Å². The second kappa shape index (κ2) is 9.65. The standard InChI is InChI=1S/C19H16Cl2F2N4O2S/c20-12-1-4-17(15(21)7-12)26-18(30)29-6-5-19(28,9-27-11-24-10-25-27)14-3-2-13(22)8-16(14)23/h1-4,7-8,10-11,28H,5-6,9H2,(H,26,30)/t19-/m0/s1. The van der Waals surface area contributed by atoms with E-state index in [2.05, 4.69) is 15.4 Å². The summed E-state index contributed by atoms with van der Waals surface area (Å²) in [7, 11) is 0. The first kappa shape index (κ1) is 22.4. The Balaban J connectivity index is 1.69. The fourth-order valence-electron chi connectivity index (χ4n) is 2.80. The molecular formula is C19H16Cl2F2N4O2S. The predicted molar refractivity (Wildman–Crippen MR) is 114 cm³/mol. The molecule has 3 aromatic rings. The molecule has 2 N–H and O–H groups in total. The molecule has 0 aliphatic heterocycles. The Kier molecular flexibility index (Phi) is 7.19. The quantitative estimate of drug-likeness (QED) is 0.491. The van der Waals surface area contributed by atoms with Gasteiger partial charge in [-0.25, -0.2) is 18.4 Å². The molecule has 0 unspecified atom stereocenters. The number of ether oxygens (including phenoxy) is 1. The highest BCUT2D eigenvalue weighted by Crippen LogP contribution is 2.30. The number of halogens is 4. The van der Waals surface area contributed by atoms with Crippen molar-refractivity contribution in [3.63, 3.8) is 0 Å². The Hall–Kier alpha value is -2.33. The van der Waals surface area contributed by atoms with Crippen LogP contribution in [0.3, 0.4) is 0 Å². The van der Waals surface area contributed by atoms with Crippen molar-refractivity contribution < 1.29 is 18.6 Å². The van der Waals surface area contributed by atoms with Crippen LogP contribution >= 0.6 is 35.4 Å². The molecule has 30 heavy (non-hydrogen) atoms. The SMILES string of the molecule is O[C@@](CCOC(=S)Nc1ccc(Cl)cc1Cl)(Cn1cncn1)c1ccc(F)cc1F. The van der Waals surface area contributed by atoms with Gasteiger partial charge in [0.05, 0.1) is 23.9 Å². The van der Waals surface area contributed by atoms with Crippen molar-refractivity contribution in [3.8, 4) is 0 Å². The zero-order chi connectivity index (χ0) is 21.7. The Labute approximate surface area is 186 Å². The zero-order valence-electron chi connectivity index (χ0n) is 15.4. The van der Waals surface area contributed by atoms with E-state index < -0.39 is 17.2 Å². The van der Waals surface area contributed by atoms with Gasteiger partial charge in [0, 0.05) is 23.1 Å². The largest absolute Gasteiger partial charge is 0.471 e. The molecule has 0 bridgehead atoms. The van der Waals surface area contributed by atoms with Crippen molar-refractivity contribution in [1.29, 1.82) is 0 Å². The van der Waals surface area contributed by atoms with E-state index in [1.807, 2.05) is 0 Å². The number of nitrogens with one attached hydrogen (secondary N) is 1. The highest BCUT2D eigenvalue weighted by Gasteiger charge is 2.33. The van der Waals surface area contributed by atoms with E-state index in [1.54, 1.807) is 18.2 Å². The van der Waals surface area contributed by atoms with Crippen LogP contribution in [0.2, 0.25) is 10.0 Å². The van der Waals surface area contributed by atoms with Gasteiger partial charge in [0.1, 0.15) is 29.9 Å². The molecule has 0 saturated carbocycles. The molecule has 11 heteroatoms. The lowest BCUT2D eigenvalue weighted by Gasteiger charge is -2.29. The summed E-state index contributed by atoms with van der Waals surface area (Å²) in [5.74, 6) is -1.63. The van der Waals surface area contributed by atoms with Crippen LogP contribution in [0, 0.1) is 11.6 Å². The molecule has 1 aromatic heterocycles. The lowest BCUT2D eigenvalue weighted by Crippen LogP contribution is -2.35. The Morgan fingerprint density at radius 2 is 2.03 bits per heavy atom. The van der Waals surface area contributed by atoms with Crippen molar-refractivity contribution in [2.45, 2.75) is 18.6 Å². The maximum Gasteiger partial charge on any atom is 0.261 e. The third-order valence-corrected chi connectivity index (χ3v) is 5.01. The van der Waals surface area contributed by atoms with Crippen molar-refractivity contribution in [2.75, 3.05) is 11.9 Å². The average molecular weight is 473 g/mol. The molecule has 3 rings (SSSR count). The molecule has 0 amide bonds. The van der Waals surface area contributed by atoms with E-state index in [1.165, 1.54) is 23.4 Å². The molecule has 1 heterocycles. The lowest BCUT2D eigenvalue weighted by molar-refractivity contribution is -0.00881. The van der Waals surface area contributed by atoms with Crippen LogP contribution in [-0.2, 0) is 16.9 Å². The molecule has 0 aliphatic carbocycles. The van der Waals surface area contributed by atoms with Gasteiger partial charge in [0.2, 0.25) is 0 Å². The first-order valence-corrected chi connectivity index (χ1v) is 9.82. The van der Waals surface area contributed by atoms with Crippen molar-refractivity contribution >= 4 is 46.3 Å². The fraction of sp³-hybridized carbons (Fsp3) is 0.211. The fourth-order valence-corrected chi connectivity index (χ4v) is 3.45. The number of benzene rings is 2. The topological polar surface area (TPSA) is 72.2 Å². The van der Waals surface area contributed by atoms with Crippen LogP contribution in [0.4, 0.5) is 14.5 Å². The van der Waals surface area contributed by atoms with Gasteiger partial charge in [0.15, 0.2) is 0 Å². The minimum absolute atomic E-state index is 0.00177. The highest BCUT2D eigenvalue weighted by atomic mass is 35.5. The number of hydrogen-bond acceptors (Lipinski definition) is 5. The van der Waals surface area contributed by atoms with Crippen LogP contribution in [0.25, 0.3) is 0 Å². The van der Waals surface area contributed by atoms with Crippen LogP contribution < -0.4 is 5.32 Å². The molecular weight excluding hydrogens is 457 g/mol. The summed E-state index contributed by atoms with van der Waals surface area (Å²) >= 11 is 17.1. The van der Waals surface area contributed by atoms with Gasteiger partial charge in [-0.15, -0.1) is 0 Å². The summed E-state index contributed by atoms with van der Waals surface area (Å²) in [4.78, 5) is 3.81. The maximum absolute atomic E-state index is 14.4. The van der Waals surface area contributed by atoms with Crippen molar-refractivity contribution in [2.24, 2.45) is 0 Å². The first-order valence-electron chi connectivity index (χ1n) is 8.66. The molecule has 0 spiro atoms. The number of nitrogens with zero attached hydrogens (tertiary/aromatic N) is 3. The van der Waals surface area contributed by atoms with Crippen LogP contribution in [0.5, 0.6) is 0 Å². The van der Waals surface area contributed by atoms with E-state index in [0.717, 1.165) is 6.07 Å². The molecule has 0 radical (unpaired) electrons. The average Bonchev–Trinajstić information content (AvgIpc) is 3.16. The monoisotopic (exact) mass is 472 g/mol. The first-order chi connectivity index (χ1) is 14.3. The van der Waals surface area contributed by atoms with Crippen molar-refractivity contribution in [3.05, 3.63) is 76.3 Å². The highest BCUT2D eigenvalue weighted by molar-refractivity contribution is 7.80. The summed E-state index contributed by atoms with van der Waals surface area (Å²) in [6.07, 6.45) is 2.60. The maximum atomic E-state index is 14.4. The van der Waals surface area contributed by atoms with Gasteiger partial charge < -0.3 is 15.2 Å². The number of aliphatic hydroxyl groups is 1. The van der Waals surface area contributed by atoms with Gasteiger partial charge in [-0.05, 0) is 36.5 Å². The predicted octanol–water partition coefficient (Wildman–Crippen LogP) is 4.55. The minimum Gasteiger partial charge on any atom is -0.471 e. The van der Waals surface area contributed by atoms with Gasteiger partial charge >= 0.3 is 0 Å². The Morgan fingerprint density at radius 3 is 2.70 bits per heavy atom. The third kappa shape index (κ3) is 5.63. The number of rotatable bonds is 7. The van der Waals surface area contributed by atoms with Crippen LogP contribution in [0.1, 0.15) is 12.0 Å². The second-order valence-electron chi connectivity index (χ2n) is 6.38. The van der Waals surface area contributed by atoms with E-state index >= 15 is 0 Å². The van der Waals surface area contributed by atoms with Crippen LogP contribution in [0.15, 0.2) is 49.1 Å². The number of thiocarbonyl (C=S) groups is 1. The van der Waals surface area contributed by atoms with Crippen LogP contribution in [-0.4, -0.2) is 31.7 Å². The molecule has 0 aliphatic rings. The third-order valence-electron chi connectivity index (χ3n) is 4.24. The summed E-state index contributed by atoms with van der Waals surface area (Å²) in [6.45, 7) is -0.193. The summed E-state index contributed by atoms with van der Waals surface area (Å²) in [5, 5.41) is 18.7. The normalized spacial score (nSPS) is 13.0. The van der Waals surface area contributed by atoms with E-state index in [9.17, 15) is 13.9 Å².